The van der Waals surface area contributed by atoms with E-state index in [1.54, 1.807) is 24.3 Å². The topological polar surface area (TPSA) is 104 Å². The molecule has 3 heterocycles. The van der Waals surface area contributed by atoms with Crippen molar-refractivity contribution >= 4 is 17.9 Å². The van der Waals surface area contributed by atoms with Crippen molar-refractivity contribution in [2.75, 3.05) is 32.8 Å². The minimum atomic E-state index is -0.497. The van der Waals surface area contributed by atoms with Crippen LogP contribution in [0.25, 0.3) is 0 Å². The maximum absolute atomic E-state index is 12.5. The molecule has 2 N–H and O–H groups in total. The molecule has 2 aliphatic rings. The number of piperidine rings is 1. The average Bonchev–Trinajstić information content (AvgIpc) is 3.18. The molecule has 1 aromatic rings. The Morgan fingerprint density at radius 3 is 2.79 bits per heavy atom. The summed E-state index contributed by atoms with van der Waals surface area (Å²) in [7, 11) is 0. The molecule has 0 saturated carbocycles. The molecule has 3 rings (SSSR count). The number of nitrogens with zero attached hydrogens (tertiary/aromatic N) is 2. The minimum absolute atomic E-state index is 0.00662. The van der Waals surface area contributed by atoms with Crippen molar-refractivity contribution < 1.29 is 23.5 Å². The summed E-state index contributed by atoms with van der Waals surface area (Å²) in [5, 5.41) is 5.85. The van der Waals surface area contributed by atoms with Gasteiger partial charge in [0.15, 0.2) is 0 Å². The Labute approximate surface area is 164 Å². The van der Waals surface area contributed by atoms with E-state index in [9.17, 15) is 14.4 Å². The van der Waals surface area contributed by atoms with E-state index in [0.29, 0.717) is 52.2 Å². The van der Waals surface area contributed by atoms with Gasteiger partial charge in [-0.1, -0.05) is 0 Å². The first-order valence-corrected chi connectivity index (χ1v) is 9.80. The summed E-state index contributed by atoms with van der Waals surface area (Å²) < 4.78 is 10.1. The van der Waals surface area contributed by atoms with Crippen molar-refractivity contribution in [1.29, 1.82) is 0 Å². The van der Waals surface area contributed by atoms with Gasteiger partial charge in [-0.15, -0.1) is 0 Å². The lowest BCUT2D eigenvalue weighted by atomic mass is 10.0. The Bertz CT molecular complexity index is 670. The number of likely N-dealkylation sites (tertiary alicyclic amines) is 1. The number of amides is 3. The van der Waals surface area contributed by atoms with Crippen molar-refractivity contribution in [3.8, 4) is 0 Å². The fraction of sp³-hybridized carbons (Fsp3) is 0.632. The van der Waals surface area contributed by atoms with Crippen LogP contribution < -0.4 is 10.6 Å². The summed E-state index contributed by atoms with van der Waals surface area (Å²) in [5.41, 5.74) is 0.978. The number of ether oxygens (including phenoxy) is 1. The molecule has 28 heavy (non-hydrogen) atoms. The van der Waals surface area contributed by atoms with Crippen LogP contribution in [0.15, 0.2) is 23.0 Å². The molecule has 9 nitrogen and oxygen atoms in total. The van der Waals surface area contributed by atoms with Gasteiger partial charge >= 0.3 is 6.09 Å². The Morgan fingerprint density at radius 1 is 1.32 bits per heavy atom. The summed E-state index contributed by atoms with van der Waals surface area (Å²) in [4.78, 5) is 40.3. The van der Waals surface area contributed by atoms with E-state index < -0.39 is 6.04 Å². The lowest BCUT2D eigenvalue weighted by Gasteiger charge is -2.35. The molecule has 9 heteroatoms. The lowest BCUT2D eigenvalue weighted by molar-refractivity contribution is -0.134. The van der Waals surface area contributed by atoms with Crippen molar-refractivity contribution in [2.45, 2.75) is 44.8 Å². The van der Waals surface area contributed by atoms with Crippen LogP contribution in [0.2, 0.25) is 0 Å². The van der Waals surface area contributed by atoms with Gasteiger partial charge in [-0.05, 0) is 25.8 Å². The third-order valence-electron chi connectivity index (χ3n) is 5.17. The first-order chi connectivity index (χ1) is 13.6. The smallest absolute Gasteiger partial charge is 0.409 e. The summed E-state index contributed by atoms with van der Waals surface area (Å²) in [6, 6.07) is 1.37. The van der Waals surface area contributed by atoms with Crippen molar-refractivity contribution in [1.82, 2.24) is 20.4 Å². The number of hydrogen-bond donors (Lipinski definition) is 2. The minimum Gasteiger partial charge on any atom is -0.472 e. The monoisotopic (exact) mass is 392 g/mol. The van der Waals surface area contributed by atoms with Crippen molar-refractivity contribution in [3.63, 3.8) is 0 Å². The van der Waals surface area contributed by atoms with Crippen LogP contribution >= 0.6 is 0 Å². The van der Waals surface area contributed by atoms with Crippen LogP contribution in [-0.2, 0) is 20.9 Å². The highest BCUT2D eigenvalue weighted by Crippen LogP contribution is 2.16. The van der Waals surface area contributed by atoms with Crippen LogP contribution in [0.4, 0.5) is 4.79 Å². The molecule has 0 aromatic carbocycles. The second-order valence-electron chi connectivity index (χ2n) is 7.14. The molecule has 0 unspecified atom stereocenters. The van der Waals surface area contributed by atoms with E-state index in [0.717, 1.165) is 5.56 Å². The van der Waals surface area contributed by atoms with Gasteiger partial charge in [0.25, 0.3) is 0 Å². The van der Waals surface area contributed by atoms with E-state index in [4.69, 9.17) is 9.15 Å². The van der Waals surface area contributed by atoms with Crippen LogP contribution in [0.5, 0.6) is 0 Å². The van der Waals surface area contributed by atoms with Gasteiger partial charge in [0.2, 0.25) is 11.8 Å². The molecule has 2 fully saturated rings. The SMILES string of the molecule is CCOC(=O)N1CCC(NC(=O)C[C@@H]2C(=O)NCCN2Cc2ccoc2)CC1. The Balaban J connectivity index is 1.49. The van der Waals surface area contributed by atoms with Crippen LogP contribution in [-0.4, -0.2) is 72.6 Å². The predicted molar refractivity (Wildman–Crippen MR) is 100 cm³/mol. The first kappa shape index (κ1) is 20.2. The van der Waals surface area contributed by atoms with Crippen molar-refractivity contribution in [3.05, 3.63) is 24.2 Å². The maximum atomic E-state index is 12.5. The standard InChI is InChI=1S/C19H28N4O5/c1-2-28-19(26)22-7-3-15(4-8-22)21-17(24)11-16-18(25)20-6-9-23(16)12-14-5-10-27-13-14/h5,10,13,15-16H,2-4,6-9,11-12H2,1H3,(H,20,25)(H,21,24)/t16-/m1/s1. The van der Waals surface area contributed by atoms with Crippen LogP contribution in [0, 0.1) is 0 Å². The summed E-state index contributed by atoms with van der Waals surface area (Å²) in [6.45, 7) is 5.07. The zero-order valence-corrected chi connectivity index (χ0v) is 16.2. The van der Waals surface area contributed by atoms with Gasteiger partial charge in [0.05, 0.1) is 31.6 Å². The average molecular weight is 392 g/mol. The maximum Gasteiger partial charge on any atom is 0.409 e. The Hall–Kier alpha value is -2.55. The first-order valence-electron chi connectivity index (χ1n) is 9.80. The number of piperazine rings is 1. The van der Waals surface area contributed by atoms with Crippen LogP contribution in [0.1, 0.15) is 31.7 Å². The molecule has 154 valence electrons. The second kappa shape index (κ2) is 9.59. The highest BCUT2D eigenvalue weighted by molar-refractivity contribution is 5.88. The van der Waals surface area contributed by atoms with Gasteiger partial charge < -0.3 is 24.7 Å². The molecular weight excluding hydrogens is 364 g/mol. The molecule has 3 amide bonds. The van der Waals surface area contributed by atoms with E-state index in [-0.39, 0.29) is 30.4 Å². The Morgan fingerprint density at radius 2 is 2.11 bits per heavy atom. The number of furan rings is 1. The molecule has 0 radical (unpaired) electrons. The molecule has 1 aromatic heterocycles. The molecular formula is C19H28N4O5. The van der Waals surface area contributed by atoms with E-state index in [1.165, 1.54) is 0 Å². The largest absolute Gasteiger partial charge is 0.472 e. The molecule has 2 aliphatic heterocycles. The van der Waals surface area contributed by atoms with Crippen molar-refractivity contribution in [2.24, 2.45) is 0 Å². The second-order valence-corrected chi connectivity index (χ2v) is 7.14. The number of carbonyl (C=O) groups excluding carboxylic acids is 3. The number of hydrogen-bond acceptors (Lipinski definition) is 6. The third-order valence-corrected chi connectivity index (χ3v) is 5.17. The summed E-state index contributed by atoms with van der Waals surface area (Å²) in [6.07, 6.45) is 4.42. The zero-order chi connectivity index (χ0) is 19.9. The molecule has 0 aliphatic carbocycles. The molecule has 1 atom stereocenters. The fourth-order valence-electron chi connectivity index (χ4n) is 3.67. The van der Waals surface area contributed by atoms with Crippen LogP contribution in [0.3, 0.4) is 0 Å². The van der Waals surface area contributed by atoms with E-state index in [1.807, 2.05) is 11.0 Å². The zero-order valence-electron chi connectivity index (χ0n) is 16.2. The summed E-state index contributed by atoms with van der Waals surface area (Å²) in [5.74, 6) is -0.268. The van der Waals surface area contributed by atoms with Gasteiger partial charge in [-0.3, -0.25) is 14.5 Å². The highest BCUT2D eigenvalue weighted by Gasteiger charge is 2.33. The normalized spacial score (nSPS) is 21.2. The number of rotatable bonds is 6. The van der Waals surface area contributed by atoms with Gasteiger partial charge in [0.1, 0.15) is 0 Å². The Kier molecular flexibility index (Phi) is 6.91. The number of nitrogens with one attached hydrogen (secondary N) is 2. The van der Waals surface area contributed by atoms with Gasteiger partial charge in [-0.25, -0.2) is 4.79 Å². The molecule has 0 spiro atoms. The molecule has 0 bridgehead atoms. The van der Waals surface area contributed by atoms with E-state index in [2.05, 4.69) is 10.6 Å². The highest BCUT2D eigenvalue weighted by atomic mass is 16.6. The summed E-state index contributed by atoms with van der Waals surface area (Å²) >= 11 is 0. The van der Waals surface area contributed by atoms with Gasteiger partial charge in [0, 0.05) is 44.3 Å². The molecule has 2 saturated heterocycles. The third kappa shape index (κ3) is 5.25. The van der Waals surface area contributed by atoms with E-state index >= 15 is 0 Å². The fourth-order valence-corrected chi connectivity index (χ4v) is 3.67. The predicted octanol–water partition coefficient (Wildman–Crippen LogP) is 0.707. The quantitative estimate of drug-likeness (QED) is 0.739. The number of carbonyl (C=O) groups is 3. The van der Waals surface area contributed by atoms with Gasteiger partial charge in [-0.2, -0.15) is 0 Å². The lowest BCUT2D eigenvalue weighted by Crippen LogP contribution is -2.56.